The number of benzene rings is 1. The molecule has 0 radical (unpaired) electrons. The van der Waals surface area contributed by atoms with Crippen molar-refractivity contribution in [2.45, 2.75) is 6.54 Å². The first-order valence-corrected chi connectivity index (χ1v) is 6.69. The van der Waals surface area contributed by atoms with Crippen LogP contribution in [-0.2, 0) is 6.54 Å². The number of nitrogens with two attached hydrogens (primary N) is 1. The molecule has 1 heterocycles. The molecule has 104 valence electrons. The van der Waals surface area contributed by atoms with Crippen molar-refractivity contribution in [1.82, 2.24) is 15.3 Å². The molecule has 1 saturated heterocycles. The third-order valence-corrected chi connectivity index (χ3v) is 3.69. The Kier molecular flexibility index (Phi) is 4.76. The number of primary amides is 1. The summed E-state index contributed by atoms with van der Waals surface area (Å²) in [7, 11) is 2.12. The maximum absolute atomic E-state index is 11.0. The molecule has 0 spiro atoms. The van der Waals surface area contributed by atoms with E-state index >= 15 is 0 Å². The number of nitrogens with zero attached hydrogens (tertiary/aromatic N) is 2. The number of hydrazine groups is 1. The summed E-state index contributed by atoms with van der Waals surface area (Å²) >= 11 is 6.14. The van der Waals surface area contributed by atoms with E-state index in [1.807, 2.05) is 6.07 Å². The van der Waals surface area contributed by atoms with Crippen molar-refractivity contribution in [3.05, 3.63) is 34.3 Å². The molecule has 1 aliphatic heterocycles. The highest BCUT2D eigenvalue weighted by Crippen LogP contribution is 2.17. The van der Waals surface area contributed by atoms with Crippen molar-refractivity contribution in [3.63, 3.8) is 0 Å². The predicted molar refractivity (Wildman–Crippen MR) is 75.9 cm³/mol. The molecule has 6 heteroatoms. The van der Waals surface area contributed by atoms with Crippen LogP contribution in [0.5, 0.6) is 0 Å². The second-order valence-corrected chi connectivity index (χ2v) is 5.20. The van der Waals surface area contributed by atoms with Crippen LogP contribution in [0.25, 0.3) is 0 Å². The minimum absolute atomic E-state index is 0.438. The fourth-order valence-electron chi connectivity index (χ4n) is 2.01. The van der Waals surface area contributed by atoms with E-state index in [2.05, 4.69) is 22.4 Å². The summed E-state index contributed by atoms with van der Waals surface area (Å²) in [5.74, 6) is -0.458. The van der Waals surface area contributed by atoms with Gasteiger partial charge in [0.2, 0.25) is 5.91 Å². The molecule has 3 N–H and O–H groups in total. The summed E-state index contributed by atoms with van der Waals surface area (Å²) in [5.41, 5.74) is 9.97. The summed E-state index contributed by atoms with van der Waals surface area (Å²) in [6.45, 7) is 4.76. The number of rotatable bonds is 4. The third kappa shape index (κ3) is 3.91. The van der Waals surface area contributed by atoms with Gasteiger partial charge in [-0.25, -0.2) is 5.01 Å². The maximum Gasteiger partial charge on any atom is 0.248 e. The molecule has 1 amide bonds. The van der Waals surface area contributed by atoms with Crippen molar-refractivity contribution in [1.29, 1.82) is 0 Å². The SMILES string of the molecule is CN1CCN(NCc2ccc(C(N)=O)cc2Cl)CC1. The molecule has 0 aromatic heterocycles. The van der Waals surface area contributed by atoms with Gasteiger partial charge in [0.15, 0.2) is 0 Å². The summed E-state index contributed by atoms with van der Waals surface area (Å²) in [6, 6.07) is 5.16. The maximum atomic E-state index is 11.0. The largest absolute Gasteiger partial charge is 0.366 e. The Hall–Kier alpha value is -1.14. The highest BCUT2D eigenvalue weighted by molar-refractivity contribution is 6.31. The van der Waals surface area contributed by atoms with E-state index in [0.717, 1.165) is 31.7 Å². The number of carbonyl (C=O) groups is 1. The van der Waals surface area contributed by atoms with Gasteiger partial charge >= 0.3 is 0 Å². The smallest absolute Gasteiger partial charge is 0.248 e. The molecule has 0 atom stereocenters. The number of likely N-dealkylation sites (N-methyl/N-ethyl adjacent to an activating group) is 1. The van der Waals surface area contributed by atoms with Crippen molar-refractivity contribution < 1.29 is 4.79 Å². The van der Waals surface area contributed by atoms with Crippen LogP contribution >= 0.6 is 11.6 Å². The number of nitrogens with one attached hydrogen (secondary N) is 1. The van der Waals surface area contributed by atoms with Crippen LogP contribution in [-0.4, -0.2) is 49.0 Å². The van der Waals surface area contributed by atoms with Crippen LogP contribution in [0.4, 0.5) is 0 Å². The third-order valence-electron chi connectivity index (χ3n) is 3.33. The van der Waals surface area contributed by atoms with E-state index in [9.17, 15) is 4.79 Å². The van der Waals surface area contributed by atoms with Gasteiger partial charge in [-0.3, -0.25) is 10.2 Å². The molecule has 0 saturated carbocycles. The lowest BCUT2D eigenvalue weighted by Crippen LogP contribution is -2.50. The van der Waals surface area contributed by atoms with Gasteiger partial charge in [0.25, 0.3) is 0 Å². The molecular weight excluding hydrogens is 264 g/mol. The van der Waals surface area contributed by atoms with E-state index < -0.39 is 5.91 Å². The average Bonchev–Trinajstić information content (AvgIpc) is 2.39. The fourth-order valence-corrected chi connectivity index (χ4v) is 2.25. The van der Waals surface area contributed by atoms with Gasteiger partial charge in [-0.2, -0.15) is 0 Å². The zero-order valence-corrected chi connectivity index (χ0v) is 11.8. The monoisotopic (exact) mass is 282 g/mol. The van der Waals surface area contributed by atoms with Crippen molar-refractivity contribution >= 4 is 17.5 Å². The van der Waals surface area contributed by atoms with Crippen LogP contribution in [0, 0.1) is 0 Å². The lowest BCUT2D eigenvalue weighted by molar-refractivity contribution is 0.0999. The topological polar surface area (TPSA) is 61.6 Å². The van der Waals surface area contributed by atoms with E-state index in [-0.39, 0.29) is 0 Å². The number of amides is 1. The predicted octanol–water partition coefficient (Wildman–Crippen LogP) is 0.691. The van der Waals surface area contributed by atoms with Crippen LogP contribution in [0.1, 0.15) is 15.9 Å². The molecule has 1 aromatic rings. The Morgan fingerprint density at radius 1 is 1.37 bits per heavy atom. The van der Waals surface area contributed by atoms with Gasteiger partial charge < -0.3 is 10.6 Å². The van der Waals surface area contributed by atoms with Crippen LogP contribution in [0.3, 0.4) is 0 Å². The van der Waals surface area contributed by atoms with Crippen molar-refractivity contribution in [2.75, 3.05) is 33.2 Å². The fraction of sp³-hybridized carbons (Fsp3) is 0.462. The highest BCUT2D eigenvalue weighted by atomic mass is 35.5. The minimum atomic E-state index is -0.458. The van der Waals surface area contributed by atoms with Crippen LogP contribution < -0.4 is 11.2 Å². The molecule has 5 nitrogen and oxygen atoms in total. The Balaban J connectivity index is 1.91. The quantitative estimate of drug-likeness (QED) is 0.853. The normalized spacial score (nSPS) is 17.6. The molecule has 1 aromatic carbocycles. The van der Waals surface area contributed by atoms with Gasteiger partial charge in [0.05, 0.1) is 0 Å². The Labute approximate surface area is 118 Å². The first-order chi connectivity index (χ1) is 9.06. The first kappa shape index (κ1) is 14.3. The lowest BCUT2D eigenvalue weighted by atomic mass is 10.1. The molecule has 2 rings (SSSR count). The first-order valence-electron chi connectivity index (χ1n) is 6.31. The lowest BCUT2D eigenvalue weighted by Gasteiger charge is -2.32. The standard InChI is InChI=1S/C13H19ClN4O/c1-17-4-6-18(7-5-17)16-9-11-3-2-10(13(15)19)8-12(11)14/h2-3,8,16H,4-7,9H2,1H3,(H2,15,19). The zero-order chi connectivity index (χ0) is 13.8. The highest BCUT2D eigenvalue weighted by Gasteiger charge is 2.13. The molecule has 0 unspecified atom stereocenters. The number of hydrogen-bond donors (Lipinski definition) is 2. The number of halogens is 1. The van der Waals surface area contributed by atoms with Gasteiger partial charge in [0.1, 0.15) is 0 Å². The summed E-state index contributed by atoms with van der Waals surface area (Å²) in [4.78, 5) is 13.3. The number of piperazine rings is 1. The van der Waals surface area contributed by atoms with Crippen molar-refractivity contribution in [3.8, 4) is 0 Å². The van der Waals surface area contributed by atoms with Crippen LogP contribution in [0.2, 0.25) is 5.02 Å². The molecule has 1 fully saturated rings. The van der Waals surface area contributed by atoms with Gasteiger partial charge in [-0.05, 0) is 24.7 Å². The number of carbonyl (C=O) groups excluding carboxylic acids is 1. The van der Waals surface area contributed by atoms with E-state index in [4.69, 9.17) is 17.3 Å². The Morgan fingerprint density at radius 3 is 2.63 bits per heavy atom. The Bertz CT molecular complexity index is 458. The summed E-state index contributed by atoms with van der Waals surface area (Å²) in [5, 5.41) is 2.76. The average molecular weight is 283 g/mol. The molecule has 1 aliphatic rings. The molecule has 0 aliphatic carbocycles. The molecule has 19 heavy (non-hydrogen) atoms. The summed E-state index contributed by atoms with van der Waals surface area (Å²) in [6.07, 6.45) is 0. The van der Waals surface area contributed by atoms with Crippen molar-refractivity contribution in [2.24, 2.45) is 5.73 Å². The van der Waals surface area contributed by atoms with Gasteiger partial charge in [-0.15, -0.1) is 0 Å². The second-order valence-electron chi connectivity index (χ2n) is 4.80. The van der Waals surface area contributed by atoms with Gasteiger partial charge in [0, 0.05) is 43.3 Å². The van der Waals surface area contributed by atoms with E-state index in [1.165, 1.54) is 0 Å². The summed E-state index contributed by atoms with van der Waals surface area (Å²) < 4.78 is 0. The molecular formula is C13H19ClN4O. The number of hydrogen-bond acceptors (Lipinski definition) is 4. The van der Waals surface area contributed by atoms with Crippen LogP contribution in [0.15, 0.2) is 18.2 Å². The Morgan fingerprint density at radius 2 is 2.05 bits per heavy atom. The van der Waals surface area contributed by atoms with E-state index in [0.29, 0.717) is 17.1 Å². The minimum Gasteiger partial charge on any atom is -0.366 e. The molecule has 0 bridgehead atoms. The van der Waals surface area contributed by atoms with Gasteiger partial charge in [-0.1, -0.05) is 17.7 Å². The zero-order valence-electron chi connectivity index (χ0n) is 11.0. The van der Waals surface area contributed by atoms with E-state index in [1.54, 1.807) is 12.1 Å². The second kappa shape index (κ2) is 6.34.